The van der Waals surface area contributed by atoms with Crippen LogP contribution in [0.5, 0.6) is 0 Å². The van der Waals surface area contributed by atoms with E-state index in [1.54, 1.807) is 0 Å². The maximum Gasteiger partial charge on any atom is 0.106 e. The number of hydrogen-bond acceptors (Lipinski definition) is 2. The summed E-state index contributed by atoms with van der Waals surface area (Å²) >= 11 is 2.45. The van der Waals surface area contributed by atoms with E-state index < -0.39 is 0 Å². The minimum atomic E-state index is 0.208. The molecule has 0 radical (unpaired) electrons. The first-order valence-electron chi connectivity index (χ1n) is 7.10. The number of benzene rings is 1. The van der Waals surface area contributed by atoms with Crippen molar-refractivity contribution in [3.63, 3.8) is 0 Å². The van der Waals surface area contributed by atoms with E-state index in [9.17, 15) is 0 Å². The first-order chi connectivity index (χ1) is 9.54. The van der Waals surface area contributed by atoms with Gasteiger partial charge in [0, 0.05) is 9.13 Å². The Bertz CT molecular complexity index is 589. The van der Waals surface area contributed by atoms with E-state index in [1.165, 1.54) is 20.3 Å². The fourth-order valence-corrected chi connectivity index (χ4v) is 3.18. The zero-order chi connectivity index (χ0) is 14.7. The number of nitrogens with one attached hydrogen (secondary N) is 1. The number of furan rings is 1. The Morgan fingerprint density at radius 1 is 1.20 bits per heavy atom. The first kappa shape index (κ1) is 15.6. The lowest BCUT2D eigenvalue weighted by molar-refractivity contribution is 0.493. The lowest BCUT2D eigenvalue weighted by atomic mass is 9.97. The van der Waals surface area contributed by atoms with Gasteiger partial charge < -0.3 is 9.73 Å². The van der Waals surface area contributed by atoms with Gasteiger partial charge in [0.25, 0.3) is 0 Å². The summed E-state index contributed by atoms with van der Waals surface area (Å²) in [5.41, 5.74) is 3.91. The van der Waals surface area contributed by atoms with Crippen LogP contribution in [0.3, 0.4) is 0 Å². The van der Waals surface area contributed by atoms with Gasteiger partial charge in [-0.25, -0.2) is 0 Å². The molecule has 2 rings (SSSR count). The molecule has 0 spiro atoms. The van der Waals surface area contributed by atoms with E-state index >= 15 is 0 Å². The molecule has 0 aliphatic rings. The van der Waals surface area contributed by atoms with Crippen molar-refractivity contribution in [2.75, 3.05) is 6.54 Å². The molecule has 2 nitrogen and oxygen atoms in total. The SMILES string of the molecule is CCCNC(c1cc(C)oc1C)c1cccc(C)c1I. The second kappa shape index (κ2) is 6.76. The summed E-state index contributed by atoms with van der Waals surface area (Å²) in [4.78, 5) is 0. The number of hydrogen-bond donors (Lipinski definition) is 1. The Kier molecular flexibility index (Phi) is 5.27. The molecule has 1 atom stereocenters. The topological polar surface area (TPSA) is 25.2 Å². The van der Waals surface area contributed by atoms with Crippen molar-refractivity contribution in [3.05, 3.63) is 56.0 Å². The summed E-state index contributed by atoms with van der Waals surface area (Å²) in [6.45, 7) is 9.41. The number of aryl methyl sites for hydroxylation is 3. The quantitative estimate of drug-likeness (QED) is 0.744. The van der Waals surface area contributed by atoms with E-state index in [-0.39, 0.29) is 6.04 Å². The van der Waals surface area contributed by atoms with Crippen LogP contribution in [-0.2, 0) is 0 Å². The highest BCUT2D eigenvalue weighted by atomic mass is 127. The zero-order valence-corrected chi connectivity index (χ0v) is 14.7. The van der Waals surface area contributed by atoms with Gasteiger partial charge in [-0.05, 0) is 73.5 Å². The second-order valence-electron chi connectivity index (χ2n) is 5.23. The van der Waals surface area contributed by atoms with E-state index in [4.69, 9.17) is 4.42 Å². The second-order valence-corrected chi connectivity index (χ2v) is 6.31. The fourth-order valence-electron chi connectivity index (χ4n) is 2.51. The van der Waals surface area contributed by atoms with Crippen molar-refractivity contribution in [3.8, 4) is 0 Å². The van der Waals surface area contributed by atoms with Gasteiger partial charge in [-0.1, -0.05) is 25.1 Å². The molecule has 0 aliphatic carbocycles. The molecule has 3 heteroatoms. The summed E-state index contributed by atoms with van der Waals surface area (Å²) < 4.78 is 7.06. The third kappa shape index (κ3) is 3.26. The van der Waals surface area contributed by atoms with Crippen molar-refractivity contribution in [1.29, 1.82) is 0 Å². The minimum Gasteiger partial charge on any atom is -0.466 e. The Balaban J connectivity index is 2.47. The molecule has 0 saturated heterocycles. The molecule has 2 aromatic rings. The molecular weight excluding hydrogens is 361 g/mol. The highest BCUT2D eigenvalue weighted by Crippen LogP contribution is 2.31. The molecule has 20 heavy (non-hydrogen) atoms. The van der Waals surface area contributed by atoms with Crippen LogP contribution in [0.15, 0.2) is 28.7 Å². The molecular formula is C17H22INO. The molecule has 108 valence electrons. The van der Waals surface area contributed by atoms with Crippen LogP contribution in [0.2, 0.25) is 0 Å². The zero-order valence-electron chi connectivity index (χ0n) is 12.6. The third-order valence-corrected chi connectivity index (χ3v) is 5.00. The van der Waals surface area contributed by atoms with Gasteiger partial charge in [0.05, 0.1) is 6.04 Å². The van der Waals surface area contributed by atoms with Crippen LogP contribution < -0.4 is 5.32 Å². The smallest absolute Gasteiger partial charge is 0.106 e. The summed E-state index contributed by atoms with van der Waals surface area (Å²) in [5.74, 6) is 1.98. The van der Waals surface area contributed by atoms with E-state index in [0.717, 1.165) is 24.5 Å². The predicted octanol–water partition coefficient (Wildman–Crippen LogP) is 4.90. The molecule has 1 heterocycles. The average molecular weight is 383 g/mol. The lowest BCUT2D eigenvalue weighted by Gasteiger charge is -2.21. The summed E-state index contributed by atoms with van der Waals surface area (Å²) in [6, 6.07) is 8.87. The Labute approximate surface area is 135 Å². The third-order valence-electron chi connectivity index (χ3n) is 3.52. The highest BCUT2D eigenvalue weighted by Gasteiger charge is 2.21. The molecule has 0 fully saturated rings. The van der Waals surface area contributed by atoms with Gasteiger partial charge in [0.15, 0.2) is 0 Å². The minimum absolute atomic E-state index is 0.208. The van der Waals surface area contributed by atoms with Crippen molar-refractivity contribution in [1.82, 2.24) is 5.32 Å². The van der Waals surface area contributed by atoms with Gasteiger partial charge >= 0.3 is 0 Å². The highest BCUT2D eigenvalue weighted by molar-refractivity contribution is 14.1. The first-order valence-corrected chi connectivity index (χ1v) is 8.17. The van der Waals surface area contributed by atoms with Crippen LogP contribution in [0.25, 0.3) is 0 Å². The van der Waals surface area contributed by atoms with E-state index in [2.05, 4.69) is 66.0 Å². The summed E-state index contributed by atoms with van der Waals surface area (Å²) in [6.07, 6.45) is 1.12. The monoisotopic (exact) mass is 383 g/mol. The van der Waals surface area contributed by atoms with Crippen molar-refractivity contribution < 1.29 is 4.42 Å². The predicted molar refractivity (Wildman–Crippen MR) is 92.2 cm³/mol. The van der Waals surface area contributed by atoms with Crippen LogP contribution >= 0.6 is 22.6 Å². The largest absolute Gasteiger partial charge is 0.466 e. The van der Waals surface area contributed by atoms with Gasteiger partial charge in [0.2, 0.25) is 0 Å². The maximum absolute atomic E-state index is 5.72. The van der Waals surface area contributed by atoms with Crippen LogP contribution in [-0.4, -0.2) is 6.54 Å². The van der Waals surface area contributed by atoms with Crippen LogP contribution in [0.1, 0.15) is 47.6 Å². The Morgan fingerprint density at radius 2 is 1.95 bits per heavy atom. The summed E-state index contributed by atoms with van der Waals surface area (Å²) in [5, 5.41) is 3.66. The standard InChI is InChI=1S/C17H22INO/c1-5-9-19-17(15-10-12(3)20-13(15)4)14-8-6-7-11(2)16(14)18/h6-8,10,17,19H,5,9H2,1-4H3. The normalized spacial score (nSPS) is 12.7. The average Bonchev–Trinajstić information content (AvgIpc) is 2.74. The Hall–Kier alpha value is -0.810. The molecule has 1 aromatic carbocycles. The van der Waals surface area contributed by atoms with E-state index in [1.807, 2.05) is 13.8 Å². The molecule has 0 amide bonds. The van der Waals surface area contributed by atoms with Gasteiger partial charge in [-0.3, -0.25) is 0 Å². The van der Waals surface area contributed by atoms with Gasteiger partial charge in [-0.15, -0.1) is 0 Å². The molecule has 0 saturated carbocycles. The molecule has 0 aliphatic heterocycles. The lowest BCUT2D eigenvalue weighted by Crippen LogP contribution is -2.24. The van der Waals surface area contributed by atoms with Crippen LogP contribution in [0.4, 0.5) is 0 Å². The maximum atomic E-state index is 5.72. The van der Waals surface area contributed by atoms with Gasteiger partial charge in [0.1, 0.15) is 11.5 Å². The number of rotatable bonds is 5. The van der Waals surface area contributed by atoms with Crippen LogP contribution in [0, 0.1) is 24.3 Å². The van der Waals surface area contributed by atoms with Gasteiger partial charge in [-0.2, -0.15) is 0 Å². The fraction of sp³-hybridized carbons (Fsp3) is 0.412. The molecule has 1 aromatic heterocycles. The van der Waals surface area contributed by atoms with Crippen molar-refractivity contribution >= 4 is 22.6 Å². The molecule has 0 bridgehead atoms. The summed E-state index contributed by atoms with van der Waals surface area (Å²) in [7, 11) is 0. The molecule has 1 N–H and O–H groups in total. The molecule has 1 unspecified atom stereocenters. The van der Waals surface area contributed by atoms with Crippen molar-refractivity contribution in [2.24, 2.45) is 0 Å². The Morgan fingerprint density at radius 3 is 2.55 bits per heavy atom. The van der Waals surface area contributed by atoms with Crippen molar-refractivity contribution in [2.45, 2.75) is 40.2 Å². The number of halogens is 1. The van der Waals surface area contributed by atoms with E-state index in [0.29, 0.717) is 0 Å².